The molecule has 1 N–H and O–H groups in total. The minimum Gasteiger partial charge on any atom is -0.352 e. The highest BCUT2D eigenvalue weighted by Gasteiger charge is 2.36. The number of carbonyl (C=O) groups is 2. The van der Waals surface area contributed by atoms with E-state index in [0.717, 1.165) is 18.4 Å². The van der Waals surface area contributed by atoms with E-state index in [-0.39, 0.29) is 24.7 Å². The number of hydrogen-bond acceptors (Lipinski definition) is 4. The van der Waals surface area contributed by atoms with Crippen LogP contribution in [0.15, 0.2) is 54.9 Å². The second kappa shape index (κ2) is 9.02. The number of rotatable bonds is 6. The molecule has 1 aromatic carbocycles. The largest absolute Gasteiger partial charge is 0.417 e. The summed E-state index contributed by atoms with van der Waals surface area (Å²) in [7, 11) is 0. The lowest BCUT2D eigenvalue weighted by molar-refractivity contribution is -0.138. The van der Waals surface area contributed by atoms with Gasteiger partial charge in [-0.1, -0.05) is 25.0 Å². The summed E-state index contributed by atoms with van der Waals surface area (Å²) >= 11 is 0. The number of amides is 2. The predicted molar refractivity (Wildman–Crippen MR) is 113 cm³/mol. The summed E-state index contributed by atoms with van der Waals surface area (Å²) in [5.74, 6) is 0.311. The Bertz CT molecular complexity index is 1020. The molecule has 1 saturated carbocycles. The van der Waals surface area contributed by atoms with Gasteiger partial charge in [-0.2, -0.15) is 13.2 Å². The van der Waals surface area contributed by atoms with Gasteiger partial charge in [-0.3, -0.25) is 9.59 Å². The molecule has 2 aromatic rings. The van der Waals surface area contributed by atoms with Gasteiger partial charge in [-0.05, 0) is 42.7 Å². The minimum absolute atomic E-state index is 0.0431. The fraction of sp³-hybridized carbons (Fsp3) is 0.348. The van der Waals surface area contributed by atoms with Crippen molar-refractivity contribution in [2.45, 2.75) is 25.4 Å². The van der Waals surface area contributed by atoms with Crippen LogP contribution < -0.4 is 10.2 Å². The number of halogens is 3. The van der Waals surface area contributed by atoms with Crippen molar-refractivity contribution in [1.82, 2.24) is 15.2 Å². The molecule has 1 aliphatic carbocycles. The van der Waals surface area contributed by atoms with Crippen LogP contribution in [-0.2, 0) is 6.18 Å². The summed E-state index contributed by atoms with van der Waals surface area (Å²) in [6.45, 7) is 0.862. The number of carbonyl (C=O) groups excluding carboxylic acids is 2. The highest BCUT2D eigenvalue weighted by molar-refractivity contribution is 5.96. The molecule has 2 aliphatic rings. The lowest BCUT2D eigenvalue weighted by Gasteiger charge is -2.32. The summed E-state index contributed by atoms with van der Waals surface area (Å²) in [6.07, 6.45) is 3.68. The number of anilines is 1. The van der Waals surface area contributed by atoms with Gasteiger partial charge in [-0.25, -0.2) is 4.98 Å². The molecule has 9 heteroatoms. The molecule has 2 amide bonds. The summed E-state index contributed by atoms with van der Waals surface area (Å²) in [4.78, 5) is 32.3. The number of nitrogens with one attached hydrogen (secondary N) is 1. The standard InChI is InChI=1S/C23H23F3N4O2/c24-23(25,26)19-5-2-1-4-18(19)22(32)30-13-3-12-29(15-30)20-9-8-17(14-28-20)21(31)27-11-10-16-6-7-16/h1-5,8-9,12,14,16H,6-7,10-11,13,15H2,(H,27,31). The molecule has 168 valence electrons. The van der Waals surface area contributed by atoms with Crippen LogP contribution in [0.25, 0.3) is 0 Å². The van der Waals surface area contributed by atoms with Crippen LogP contribution in [0.5, 0.6) is 0 Å². The summed E-state index contributed by atoms with van der Waals surface area (Å²) in [6, 6.07) is 8.05. The molecule has 0 bridgehead atoms. The topological polar surface area (TPSA) is 65.5 Å². The molecular weight excluding hydrogens is 421 g/mol. The maximum absolute atomic E-state index is 13.3. The number of benzene rings is 1. The van der Waals surface area contributed by atoms with Gasteiger partial charge in [0.1, 0.15) is 5.82 Å². The SMILES string of the molecule is O=C(NCCC1CC1)c1ccc(N2C=CCN(C(=O)c3ccccc3C(F)(F)F)C2)nc1. The Labute approximate surface area is 183 Å². The van der Waals surface area contributed by atoms with Crippen molar-refractivity contribution in [3.8, 4) is 0 Å². The highest BCUT2D eigenvalue weighted by atomic mass is 19.4. The first-order valence-corrected chi connectivity index (χ1v) is 10.5. The molecule has 32 heavy (non-hydrogen) atoms. The van der Waals surface area contributed by atoms with E-state index < -0.39 is 17.6 Å². The molecule has 1 fully saturated rings. The van der Waals surface area contributed by atoms with E-state index in [2.05, 4.69) is 10.3 Å². The third-order valence-corrected chi connectivity index (χ3v) is 5.52. The molecule has 6 nitrogen and oxygen atoms in total. The number of aromatic nitrogens is 1. The van der Waals surface area contributed by atoms with E-state index in [1.807, 2.05) is 0 Å². The molecule has 2 heterocycles. The van der Waals surface area contributed by atoms with Gasteiger partial charge in [0.15, 0.2) is 0 Å². The summed E-state index contributed by atoms with van der Waals surface area (Å²) in [5.41, 5.74) is -0.916. The maximum Gasteiger partial charge on any atom is 0.417 e. The average Bonchev–Trinajstić information content (AvgIpc) is 3.62. The first-order chi connectivity index (χ1) is 15.3. The highest BCUT2D eigenvalue weighted by Crippen LogP contribution is 2.33. The number of alkyl halides is 3. The van der Waals surface area contributed by atoms with Crippen LogP contribution in [0.4, 0.5) is 19.0 Å². The zero-order valence-corrected chi connectivity index (χ0v) is 17.3. The molecule has 1 aromatic heterocycles. The van der Waals surface area contributed by atoms with Crippen LogP contribution in [0, 0.1) is 5.92 Å². The van der Waals surface area contributed by atoms with Crippen molar-refractivity contribution < 1.29 is 22.8 Å². The van der Waals surface area contributed by atoms with Crippen molar-refractivity contribution in [2.24, 2.45) is 5.92 Å². The van der Waals surface area contributed by atoms with Gasteiger partial charge in [0, 0.05) is 25.5 Å². The smallest absolute Gasteiger partial charge is 0.352 e. The molecule has 0 atom stereocenters. The fourth-order valence-electron chi connectivity index (χ4n) is 3.56. The first kappa shape index (κ1) is 21.9. The number of hydrogen-bond donors (Lipinski definition) is 1. The van der Waals surface area contributed by atoms with Gasteiger partial charge < -0.3 is 15.1 Å². The zero-order chi connectivity index (χ0) is 22.7. The third kappa shape index (κ3) is 5.09. The Kier molecular flexibility index (Phi) is 6.16. The average molecular weight is 444 g/mol. The summed E-state index contributed by atoms with van der Waals surface area (Å²) < 4.78 is 39.9. The van der Waals surface area contributed by atoms with Gasteiger partial charge in [-0.15, -0.1) is 0 Å². The molecule has 1 aliphatic heterocycles. The molecular formula is C23H23F3N4O2. The summed E-state index contributed by atoms with van der Waals surface area (Å²) in [5, 5.41) is 2.88. The Morgan fingerprint density at radius 1 is 1.12 bits per heavy atom. The number of pyridine rings is 1. The van der Waals surface area contributed by atoms with Gasteiger partial charge in [0.05, 0.1) is 23.4 Å². The second-order valence-corrected chi connectivity index (χ2v) is 7.96. The van der Waals surface area contributed by atoms with E-state index >= 15 is 0 Å². The minimum atomic E-state index is -4.62. The Balaban J connectivity index is 1.42. The molecule has 0 spiro atoms. The van der Waals surface area contributed by atoms with Crippen molar-refractivity contribution in [1.29, 1.82) is 0 Å². The predicted octanol–water partition coefficient (Wildman–Crippen LogP) is 4.06. The van der Waals surface area contributed by atoms with E-state index in [9.17, 15) is 22.8 Å². The van der Waals surface area contributed by atoms with E-state index in [1.165, 1.54) is 42.1 Å². The van der Waals surface area contributed by atoms with Gasteiger partial charge in [0.25, 0.3) is 11.8 Å². The fourth-order valence-corrected chi connectivity index (χ4v) is 3.56. The van der Waals surface area contributed by atoms with Crippen molar-refractivity contribution >= 4 is 17.6 Å². The Morgan fingerprint density at radius 3 is 2.59 bits per heavy atom. The van der Waals surface area contributed by atoms with Crippen LogP contribution in [0.1, 0.15) is 45.5 Å². The molecule has 0 unspecified atom stereocenters. The second-order valence-electron chi connectivity index (χ2n) is 7.96. The van der Waals surface area contributed by atoms with Crippen LogP contribution in [0.2, 0.25) is 0 Å². The maximum atomic E-state index is 13.3. The van der Waals surface area contributed by atoms with Crippen LogP contribution in [-0.4, -0.2) is 41.5 Å². The van der Waals surface area contributed by atoms with Crippen molar-refractivity contribution in [3.05, 3.63) is 71.6 Å². The molecule has 4 rings (SSSR count). The van der Waals surface area contributed by atoms with Crippen LogP contribution in [0.3, 0.4) is 0 Å². The lowest BCUT2D eigenvalue weighted by atomic mass is 10.1. The van der Waals surface area contributed by atoms with Crippen molar-refractivity contribution in [2.75, 3.05) is 24.7 Å². The molecule has 0 radical (unpaired) electrons. The number of nitrogens with zero attached hydrogens (tertiary/aromatic N) is 3. The first-order valence-electron chi connectivity index (χ1n) is 10.5. The zero-order valence-electron chi connectivity index (χ0n) is 17.3. The Hall–Kier alpha value is -3.36. The van der Waals surface area contributed by atoms with Gasteiger partial charge >= 0.3 is 6.18 Å². The third-order valence-electron chi connectivity index (χ3n) is 5.52. The monoisotopic (exact) mass is 444 g/mol. The van der Waals surface area contributed by atoms with Crippen LogP contribution >= 0.6 is 0 Å². The Morgan fingerprint density at radius 2 is 1.91 bits per heavy atom. The van der Waals surface area contributed by atoms with E-state index in [1.54, 1.807) is 29.3 Å². The quantitative estimate of drug-likeness (QED) is 0.730. The van der Waals surface area contributed by atoms with E-state index in [0.29, 0.717) is 17.9 Å². The van der Waals surface area contributed by atoms with Crippen molar-refractivity contribution in [3.63, 3.8) is 0 Å². The normalized spacial score (nSPS) is 16.2. The van der Waals surface area contributed by atoms with Gasteiger partial charge in [0.2, 0.25) is 0 Å². The van der Waals surface area contributed by atoms with E-state index in [4.69, 9.17) is 0 Å². The lowest BCUT2D eigenvalue weighted by Crippen LogP contribution is -2.43. The molecule has 0 saturated heterocycles.